The molecule has 0 fully saturated rings. The lowest BCUT2D eigenvalue weighted by molar-refractivity contribution is -0.136. The van der Waals surface area contributed by atoms with Gasteiger partial charge in [-0.05, 0) is 19.3 Å². The van der Waals surface area contributed by atoms with Gasteiger partial charge in [-0.2, -0.15) is 0 Å². The van der Waals surface area contributed by atoms with Crippen LogP contribution in [-0.2, 0) is 4.79 Å². The van der Waals surface area contributed by atoms with Crippen molar-refractivity contribution >= 4 is 5.97 Å². The van der Waals surface area contributed by atoms with Crippen molar-refractivity contribution in [1.82, 2.24) is 0 Å². The molecule has 0 heterocycles. The van der Waals surface area contributed by atoms with Crippen LogP contribution in [0.15, 0.2) is 11.6 Å². The Bertz CT molecular complexity index is 171. The lowest BCUT2D eigenvalue weighted by Gasteiger charge is -2.07. The van der Waals surface area contributed by atoms with Gasteiger partial charge in [-0.1, -0.05) is 31.9 Å². The Hall–Kier alpha value is -0.790. The first kappa shape index (κ1) is 11.2. The maximum Gasteiger partial charge on any atom is 0.307 e. The summed E-state index contributed by atoms with van der Waals surface area (Å²) in [4.78, 5) is 10.2. The van der Waals surface area contributed by atoms with E-state index in [1.807, 2.05) is 6.92 Å². The summed E-state index contributed by atoms with van der Waals surface area (Å²) >= 11 is 0. The fourth-order valence-electron chi connectivity index (χ4n) is 1.04. The molecule has 1 atom stereocenters. The summed E-state index contributed by atoms with van der Waals surface area (Å²) in [5.41, 5.74) is 1.19. The van der Waals surface area contributed by atoms with Crippen LogP contribution < -0.4 is 0 Å². The van der Waals surface area contributed by atoms with E-state index >= 15 is 0 Å². The monoisotopic (exact) mass is 170 g/mol. The number of hydrogen-bond acceptors (Lipinski definition) is 1. The van der Waals surface area contributed by atoms with Crippen molar-refractivity contribution in [3.63, 3.8) is 0 Å². The summed E-state index contributed by atoms with van der Waals surface area (Å²) in [5.74, 6) is -0.0893. The number of carboxylic acids is 1. The zero-order valence-electron chi connectivity index (χ0n) is 8.13. The average Bonchev–Trinajstić information content (AvgIpc) is 2.00. The molecular weight excluding hydrogens is 152 g/mol. The van der Waals surface area contributed by atoms with Crippen molar-refractivity contribution < 1.29 is 9.90 Å². The van der Waals surface area contributed by atoms with Crippen LogP contribution in [0.3, 0.4) is 0 Å². The standard InChI is InChI=1S/C10H18O2/c1-4-8(2)7-9(3)5-6-10(11)12/h5,8H,4,6-7H2,1-3H3,(H,11,12). The summed E-state index contributed by atoms with van der Waals surface area (Å²) in [5, 5.41) is 8.41. The van der Waals surface area contributed by atoms with Gasteiger partial charge >= 0.3 is 5.97 Å². The minimum Gasteiger partial charge on any atom is -0.481 e. The zero-order valence-corrected chi connectivity index (χ0v) is 8.13. The van der Waals surface area contributed by atoms with Gasteiger partial charge in [0, 0.05) is 0 Å². The average molecular weight is 170 g/mol. The largest absolute Gasteiger partial charge is 0.481 e. The molecule has 0 amide bonds. The van der Waals surface area contributed by atoms with Crippen LogP contribution in [0.1, 0.15) is 40.0 Å². The lowest BCUT2D eigenvalue weighted by atomic mass is 9.99. The fraction of sp³-hybridized carbons (Fsp3) is 0.700. The van der Waals surface area contributed by atoms with Gasteiger partial charge in [-0.3, -0.25) is 4.79 Å². The van der Waals surface area contributed by atoms with Crippen LogP contribution in [-0.4, -0.2) is 11.1 Å². The number of allylic oxidation sites excluding steroid dienone is 1. The summed E-state index contributed by atoms with van der Waals surface area (Å²) in [7, 11) is 0. The van der Waals surface area contributed by atoms with E-state index in [9.17, 15) is 4.79 Å². The van der Waals surface area contributed by atoms with Gasteiger partial charge in [0.1, 0.15) is 0 Å². The lowest BCUT2D eigenvalue weighted by Crippen LogP contribution is -1.95. The number of rotatable bonds is 5. The predicted octanol–water partition coefficient (Wildman–Crippen LogP) is 2.84. The van der Waals surface area contributed by atoms with Crippen molar-refractivity contribution in [2.24, 2.45) is 5.92 Å². The number of aliphatic carboxylic acids is 1. The molecule has 0 radical (unpaired) electrons. The Balaban J connectivity index is 3.77. The molecule has 0 aromatic rings. The molecule has 2 nitrogen and oxygen atoms in total. The quantitative estimate of drug-likeness (QED) is 0.644. The molecule has 2 heteroatoms. The van der Waals surface area contributed by atoms with Crippen molar-refractivity contribution in [2.75, 3.05) is 0 Å². The highest BCUT2D eigenvalue weighted by molar-refractivity contribution is 5.68. The van der Waals surface area contributed by atoms with Crippen molar-refractivity contribution in [2.45, 2.75) is 40.0 Å². The molecule has 0 aromatic carbocycles. The van der Waals surface area contributed by atoms with E-state index in [2.05, 4.69) is 13.8 Å². The SMILES string of the molecule is CCC(C)CC(C)=CCC(=O)O. The fourth-order valence-corrected chi connectivity index (χ4v) is 1.04. The molecule has 0 aromatic heterocycles. The Morgan fingerprint density at radius 2 is 2.17 bits per heavy atom. The summed E-state index contributed by atoms with van der Waals surface area (Å²) in [6.45, 7) is 6.32. The second-order valence-corrected chi connectivity index (χ2v) is 3.37. The molecule has 0 aliphatic heterocycles. The Morgan fingerprint density at radius 3 is 2.58 bits per heavy atom. The van der Waals surface area contributed by atoms with Crippen LogP contribution in [0.2, 0.25) is 0 Å². The molecule has 1 N–H and O–H groups in total. The third kappa shape index (κ3) is 5.96. The molecule has 70 valence electrons. The van der Waals surface area contributed by atoms with Gasteiger partial charge in [0.2, 0.25) is 0 Å². The smallest absolute Gasteiger partial charge is 0.307 e. The zero-order chi connectivity index (χ0) is 9.56. The molecule has 0 saturated carbocycles. The molecular formula is C10H18O2. The van der Waals surface area contributed by atoms with E-state index in [0.717, 1.165) is 12.8 Å². The van der Waals surface area contributed by atoms with Crippen LogP contribution in [0.4, 0.5) is 0 Å². The maximum atomic E-state index is 10.2. The molecule has 0 aliphatic rings. The number of hydrogen-bond donors (Lipinski definition) is 1. The third-order valence-electron chi connectivity index (χ3n) is 1.99. The van der Waals surface area contributed by atoms with E-state index in [-0.39, 0.29) is 6.42 Å². The Labute approximate surface area is 74.3 Å². The highest BCUT2D eigenvalue weighted by Gasteiger charge is 2.00. The van der Waals surface area contributed by atoms with Crippen LogP contribution in [0, 0.1) is 5.92 Å². The van der Waals surface area contributed by atoms with Gasteiger partial charge in [0.15, 0.2) is 0 Å². The predicted molar refractivity (Wildman–Crippen MR) is 50.1 cm³/mol. The summed E-state index contributed by atoms with van der Waals surface area (Å²) in [6, 6.07) is 0. The normalized spacial score (nSPS) is 14.4. The molecule has 0 rings (SSSR count). The van der Waals surface area contributed by atoms with E-state index in [4.69, 9.17) is 5.11 Å². The minimum absolute atomic E-state index is 0.155. The molecule has 0 saturated heterocycles. The third-order valence-corrected chi connectivity index (χ3v) is 1.99. The molecule has 12 heavy (non-hydrogen) atoms. The highest BCUT2D eigenvalue weighted by atomic mass is 16.4. The second kappa shape index (κ2) is 5.81. The van der Waals surface area contributed by atoms with Crippen molar-refractivity contribution in [1.29, 1.82) is 0 Å². The summed E-state index contributed by atoms with van der Waals surface area (Å²) in [6.07, 6.45) is 4.12. The minimum atomic E-state index is -0.751. The van der Waals surface area contributed by atoms with Crippen LogP contribution in [0.25, 0.3) is 0 Å². The van der Waals surface area contributed by atoms with E-state index in [1.54, 1.807) is 6.08 Å². The van der Waals surface area contributed by atoms with E-state index in [1.165, 1.54) is 5.57 Å². The highest BCUT2D eigenvalue weighted by Crippen LogP contribution is 2.13. The first-order valence-electron chi connectivity index (χ1n) is 4.43. The Kier molecular flexibility index (Phi) is 5.43. The van der Waals surface area contributed by atoms with E-state index < -0.39 is 5.97 Å². The van der Waals surface area contributed by atoms with Gasteiger partial charge in [-0.25, -0.2) is 0 Å². The van der Waals surface area contributed by atoms with Gasteiger partial charge in [0.05, 0.1) is 6.42 Å². The maximum absolute atomic E-state index is 10.2. The second-order valence-electron chi connectivity index (χ2n) is 3.37. The Morgan fingerprint density at radius 1 is 1.58 bits per heavy atom. The van der Waals surface area contributed by atoms with Gasteiger partial charge < -0.3 is 5.11 Å². The summed E-state index contributed by atoms with van der Waals surface area (Å²) < 4.78 is 0. The molecule has 0 aliphatic carbocycles. The molecule has 0 bridgehead atoms. The van der Waals surface area contributed by atoms with E-state index in [0.29, 0.717) is 5.92 Å². The topological polar surface area (TPSA) is 37.3 Å². The first-order valence-corrected chi connectivity index (χ1v) is 4.43. The number of carboxylic acid groups (broad SMARTS) is 1. The first-order chi connectivity index (χ1) is 5.56. The van der Waals surface area contributed by atoms with Crippen molar-refractivity contribution in [3.8, 4) is 0 Å². The van der Waals surface area contributed by atoms with Crippen molar-refractivity contribution in [3.05, 3.63) is 11.6 Å². The van der Waals surface area contributed by atoms with Gasteiger partial charge in [-0.15, -0.1) is 0 Å². The van der Waals surface area contributed by atoms with Gasteiger partial charge in [0.25, 0.3) is 0 Å². The van der Waals surface area contributed by atoms with Crippen LogP contribution >= 0.6 is 0 Å². The molecule has 1 unspecified atom stereocenters. The number of carbonyl (C=O) groups is 1. The molecule has 0 spiro atoms. The van der Waals surface area contributed by atoms with Crippen LogP contribution in [0.5, 0.6) is 0 Å².